The van der Waals surface area contributed by atoms with Gasteiger partial charge in [-0.25, -0.2) is 19.9 Å². The normalized spacial score (nSPS) is 10.9. The lowest BCUT2D eigenvalue weighted by molar-refractivity contribution is 0.101. The zero-order valence-corrected chi connectivity index (χ0v) is 36.0. The molecule has 0 atom stereocenters. The van der Waals surface area contributed by atoms with Crippen LogP contribution >= 0.6 is 0 Å². The van der Waals surface area contributed by atoms with Crippen molar-refractivity contribution in [2.24, 2.45) is 0 Å². The molecule has 0 aliphatic heterocycles. The van der Waals surface area contributed by atoms with Crippen molar-refractivity contribution in [2.75, 3.05) is 39.6 Å². The van der Waals surface area contributed by atoms with Crippen molar-refractivity contribution >= 4 is 0 Å². The number of hydrogen-bond donors (Lipinski definition) is 0. The largest absolute Gasteiger partial charge is 0.491 e. The maximum absolute atomic E-state index is 5.69. The van der Waals surface area contributed by atoms with Crippen LogP contribution in [0.2, 0.25) is 0 Å². The summed E-state index contributed by atoms with van der Waals surface area (Å²) in [6.45, 7) is 12.7. The minimum absolute atomic E-state index is 0.573. The van der Waals surface area contributed by atoms with E-state index in [2.05, 4.69) is 47.6 Å². The molecule has 0 aliphatic carbocycles. The molecule has 0 saturated heterocycles. The summed E-state index contributed by atoms with van der Waals surface area (Å²) in [6.07, 6.45) is 32.1. The van der Waals surface area contributed by atoms with Crippen molar-refractivity contribution in [1.29, 1.82) is 0 Å². The minimum Gasteiger partial charge on any atom is -0.491 e. The zero-order valence-electron chi connectivity index (χ0n) is 36.0. The Bertz CT molecular complexity index is 1500. The van der Waals surface area contributed by atoms with Crippen LogP contribution in [0.4, 0.5) is 0 Å². The van der Waals surface area contributed by atoms with E-state index in [0.29, 0.717) is 26.4 Å². The van der Waals surface area contributed by atoms with E-state index in [0.717, 1.165) is 73.2 Å². The average Bonchev–Trinajstić information content (AvgIpc) is 3.25. The highest BCUT2D eigenvalue weighted by Gasteiger charge is 2.05. The molecule has 0 spiro atoms. The van der Waals surface area contributed by atoms with Gasteiger partial charge in [0.2, 0.25) is 0 Å². The van der Waals surface area contributed by atoms with E-state index in [-0.39, 0.29) is 0 Å². The maximum Gasteiger partial charge on any atom is 0.159 e. The van der Waals surface area contributed by atoms with Gasteiger partial charge in [-0.2, -0.15) is 0 Å². The molecule has 0 radical (unpaired) electrons. The van der Waals surface area contributed by atoms with E-state index in [9.17, 15) is 0 Å². The first kappa shape index (κ1) is 47.5. The standard InChI is InChI=1S/C25H38N2O2.C24H36N2O2/c1-3-5-6-7-8-9-10-11-12-22-20-26-25(27-21-22)23-13-15-24(16-14-23)29-19-18-28-17-4-2;1-3-5-6-7-8-9-10-11-21-19-25-24(26-20-21)22-12-14-23(15-13-22)28-18-17-27-16-4-2/h13-16,20-21H,3-12,17-19H2,1-2H3;12-15,19-20H,3-11,16-18H2,1-2H3. The molecule has 314 valence electrons. The Morgan fingerprint density at radius 2 is 0.684 bits per heavy atom. The lowest BCUT2D eigenvalue weighted by Gasteiger charge is -2.07. The van der Waals surface area contributed by atoms with Gasteiger partial charge < -0.3 is 18.9 Å². The van der Waals surface area contributed by atoms with Crippen molar-refractivity contribution in [3.8, 4) is 34.3 Å². The van der Waals surface area contributed by atoms with Gasteiger partial charge in [0.05, 0.1) is 13.2 Å². The molecule has 2 heterocycles. The average molecular weight is 783 g/mol. The van der Waals surface area contributed by atoms with E-state index < -0.39 is 0 Å². The van der Waals surface area contributed by atoms with Crippen molar-refractivity contribution in [1.82, 2.24) is 19.9 Å². The van der Waals surface area contributed by atoms with E-state index in [1.165, 1.54) is 107 Å². The molecule has 4 aromatic rings. The van der Waals surface area contributed by atoms with Gasteiger partial charge >= 0.3 is 0 Å². The summed E-state index contributed by atoms with van der Waals surface area (Å²) in [5.74, 6) is 3.23. The lowest BCUT2D eigenvalue weighted by Crippen LogP contribution is -2.07. The predicted octanol–water partition coefficient (Wildman–Crippen LogP) is 12.9. The van der Waals surface area contributed by atoms with Gasteiger partial charge in [-0.05, 0) is 98.2 Å². The summed E-state index contributed by atoms with van der Waals surface area (Å²) in [5.41, 5.74) is 4.48. The highest BCUT2D eigenvalue weighted by atomic mass is 16.5. The molecule has 4 rings (SSSR count). The summed E-state index contributed by atoms with van der Waals surface area (Å²) in [7, 11) is 0. The Morgan fingerprint density at radius 1 is 0.351 bits per heavy atom. The van der Waals surface area contributed by atoms with Crippen LogP contribution in [-0.4, -0.2) is 59.6 Å². The molecule has 0 bridgehead atoms. The van der Waals surface area contributed by atoms with Crippen LogP contribution in [0.15, 0.2) is 73.3 Å². The third-order valence-electron chi connectivity index (χ3n) is 9.71. The van der Waals surface area contributed by atoms with Crippen LogP contribution in [-0.2, 0) is 22.3 Å². The van der Waals surface area contributed by atoms with Crippen LogP contribution in [0.1, 0.15) is 148 Å². The van der Waals surface area contributed by atoms with E-state index in [1.807, 2.05) is 73.3 Å². The number of benzene rings is 2. The fourth-order valence-electron chi connectivity index (χ4n) is 6.35. The number of unbranched alkanes of at least 4 members (excludes halogenated alkanes) is 13. The van der Waals surface area contributed by atoms with E-state index >= 15 is 0 Å². The Kier molecular flexibility index (Phi) is 26.8. The molecule has 0 saturated carbocycles. The topological polar surface area (TPSA) is 88.5 Å². The molecule has 57 heavy (non-hydrogen) atoms. The third kappa shape index (κ3) is 22.0. The van der Waals surface area contributed by atoms with Gasteiger partial charge in [0.15, 0.2) is 11.6 Å². The summed E-state index contributed by atoms with van der Waals surface area (Å²) in [5, 5.41) is 0. The molecule has 2 aromatic carbocycles. The molecule has 0 aliphatic rings. The van der Waals surface area contributed by atoms with Crippen LogP contribution in [0.5, 0.6) is 11.5 Å². The number of aryl methyl sites for hydroxylation is 2. The second-order valence-electron chi connectivity index (χ2n) is 14.9. The molecule has 2 aromatic heterocycles. The predicted molar refractivity (Wildman–Crippen MR) is 236 cm³/mol. The quantitative estimate of drug-likeness (QED) is 0.0466. The zero-order chi connectivity index (χ0) is 40.4. The van der Waals surface area contributed by atoms with Crippen LogP contribution in [0.25, 0.3) is 22.8 Å². The number of aromatic nitrogens is 4. The van der Waals surface area contributed by atoms with Crippen molar-refractivity contribution in [3.63, 3.8) is 0 Å². The smallest absolute Gasteiger partial charge is 0.159 e. The number of hydrogen-bond acceptors (Lipinski definition) is 8. The van der Waals surface area contributed by atoms with Crippen LogP contribution in [0.3, 0.4) is 0 Å². The minimum atomic E-state index is 0.573. The molecule has 8 heteroatoms. The first-order chi connectivity index (χ1) is 28.2. The Balaban J connectivity index is 0.000000306. The first-order valence-corrected chi connectivity index (χ1v) is 22.4. The molecule has 0 N–H and O–H groups in total. The second kappa shape index (κ2) is 32.1. The molecule has 0 unspecified atom stereocenters. The fourth-order valence-corrected chi connectivity index (χ4v) is 6.35. The van der Waals surface area contributed by atoms with Crippen molar-refractivity contribution in [2.45, 2.75) is 150 Å². The monoisotopic (exact) mass is 783 g/mol. The Hall–Kier alpha value is -3.88. The fraction of sp³-hybridized carbons (Fsp3) is 0.592. The number of nitrogens with zero attached hydrogens (tertiary/aromatic N) is 4. The van der Waals surface area contributed by atoms with Gasteiger partial charge in [-0.15, -0.1) is 0 Å². The highest BCUT2D eigenvalue weighted by molar-refractivity contribution is 5.56. The molecule has 0 fully saturated rings. The number of ether oxygens (including phenoxy) is 4. The van der Waals surface area contributed by atoms with Crippen LogP contribution in [0, 0.1) is 0 Å². The van der Waals surface area contributed by atoms with Crippen molar-refractivity contribution < 1.29 is 18.9 Å². The molecular weight excluding hydrogens is 709 g/mol. The SMILES string of the molecule is CCCCCCCCCCc1cnc(-c2ccc(OCCOCCC)cc2)nc1.CCCCCCCCCc1cnc(-c2ccc(OCCOCCC)cc2)nc1. The Morgan fingerprint density at radius 3 is 1.02 bits per heavy atom. The van der Waals surface area contributed by atoms with Crippen LogP contribution < -0.4 is 9.47 Å². The summed E-state index contributed by atoms with van der Waals surface area (Å²) in [4.78, 5) is 18.2. The Labute approximate surface area is 346 Å². The van der Waals surface area contributed by atoms with Gasteiger partial charge in [-0.3, -0.25) is 0 Å². The summed E-state index contributed by atoms with van der Waals surface area (Å²) >= 11 is 0. The second-order valence-corrected chi connectivity index (χ2v) is 14.9. The maximum atomic E-state index is 5.69. The first-order valence-electron chi connectivity index (χ1n) is 22.4. The molecule has 8 nitrogen and oxygen atoms in total. The molecule has 0 amide bonds. The van der Waals surface area contributed by atoms with Gasteiger partial charge in [0, 0.05) is 49.1 Å². The van der Waals surface area contributed by atoms with E-state index in [4.69, 9.17) is 18.9 Å². The summed E-state index contributed by atoms with van der Waals surface area (Å²) in [6, 6.07) is 15.9. The van der Waals surface area contributed by atoms with Gasteiger partial charge in [-0.1, -0.05) is 111 Å². The highest BCUT2D eigenvalue weighted by Crippen LogP contribution is 2.21. The van der Waals surface area contributed by atoms with E-state index in [1.54, 1.807) is 0 Å². The van der Waals surface area contributed by atoms with Gasteiger partial charge in [0.1, 0.15) is 24.7 Å². The summed E-state index contributed by atoms with van der Waals surface area (Å²) < 4.78 is 22.2. The lowest BCUT2D eigenvalue weighted by atomic mass is 10.1. The van der Waals surface area contributed by atoms with Gasteiger partial charge in [0.25, 0.3) is 0 Å². The van der Waals surface area contributed by atoms with Crippen molar-refractivity contribution in [3.05, 3.63) is 84.4 Å². The number of rotatable bonds is 31. The molecular formula is C49H74N4O4. The third-order valence-corrected chi connectivity index (χ3v) is 9.71.